The maximum atomic E-state index is 14.2. The third kappa shape index (κ3) is 7.31. The van der Waals surface area contributed by atoms with E-state index in [1.165, 1.54) is 41.1 Å². The molecular formula is C27H31F2NO4S. The number of benzene rings is 1. The summed E-state index contributed by atoms with van der Waals surface area (Å²) in [5.74, 6) is -5.38. The zero-order valence-corrected chi connectivity index (χ0v) is 20.9. The van der Waals surface area contributed by atoms with Crippen LogP contribution >= 0.6 is 11.3 Å². The van der Waals surface area contributed by atoms with Crippen LogP contribution in [-0.4, -0.2) is 48.2 Å². The smallest absolute Gasteiger partial charge is 0.348 e. The maximum Gasteiger partial charge on any atom is 0.348 e. The predicted molar refractivity (Wildman–Crippen MR) is 132 cm³/mol. The number of rotatable bonds is 12. The Labute approximate surface area is 208 Å². The largest absolute Gasteiger partial charge is 0.465 e. The maximum absolute atomic E-state index is 14.2. The highest BCUT2D eigenvalue weighted by atomic mass is 32.1. The van der Waals surface area contributed by atoms with E-state index in [0.29, 0.717) is 24.1 Å². The van der Waals surface area contributed by atoms with Gasteiger partial charge in [-0.05, 0) is 55.9 Å². The van der Waals surface area contributed by atoms with Gasteiger partial charge in [0.1, 0.15) is 4.88 Å². The summed E-state index contributed by atoms with van der Waals surface area (Å²) in [6.07, 6.45) is 5.65. The van der Waals surface area contributed by atoms with Gasteiger partial charge in [-0.1, -0.05) is 43.3 Å². The first kappa shape index (κ1) is 26.7. The fourth-order valence-corrected chi connectivity index (χ4v) is 5.14. The van der Waals surface area contributed by atoms with Crippen LogP contribution in [0.3, 0.4) is 0 Å². The zero-order chi connectivity index (χ0) is 25.4. The number of hydrogen-bond acceptors (Lipinski definition) is 5. The quantitative estimate of drug-likeness (QED) is 0.284. The number of nitrogens with zero attached hydrogens (tertiary/aromatic N) is 1. The number of esters is 1. The van der Waals surface area contributed by atoms with Gasteiger partial charge in [0.05, 0.1) is 13.2 Å². The summed E-state index contributed by atoms with van der Waals surface area (Å²) >= 11 is 1.29. The second-order valence-corrected chi connectivity index (χ2v) is 10.0. The number of methoxy groups -OCH3 is 1. The van der Waals surface area contributed by atoms with Gasteiger partial charge in [0.15, 0.2) is 5.78 Å². The summed E-state index contributed by atoms with van der Waals surface area (Å²) in [4.78, 5) is 39.0. The SMILES string of the molecule is COC(=O)c1ccc(CCCN2C(=O)C(F)(F)C[C@@H]2C=CC(=O)[C@@H](C)CCCc2ccccc2)s1. The molecule has 0 saturated carbocycles. The summed E-state index contributed by atoms with van der Waals surface area (Å²) in [6.45, 7) is 1.99. The number of likely N-dealkylation sites (tertiary alicyclic amines) is 1. The number of thiophene rings is 1. The number of carbonyl (C=O) groups is 3. The average molecular weight is 504 g/mol. The summed E-state index contributed by atoms with van der Waals surface area (Å²) < 4.78 is 33.0. The first-order valence-electron chi connectivity index (χ1n) is 11.8. The van der Waals surface area contributed by atoms with Gasteiger partial charge in [-0.25, -0.2) is 4.79 Å². The van der Waals surface area contributed by atoms with Crippen molar-refractivity contribution in [1.29, 1.82) is 0 Å². The molecule has 1 aliphatic rings. The van der Waals surface area contributed by atoms with E-state index in [4.69, 9.17) is 4.74 Å². The number of aryl methyl sites for hydroxylation is 2. The van der Waals surface area contributed by atoms with E-state index >= 15 is 0 Å². The molecule has 2 aromatic rings. The lowest BCUT2D eigenvalue weighted by Crippen LogP contribution is -2.36. The third-order valence-corrected chi connectivity index (χ3v) is 7.35. The Kier molecular flexibility index (Phi) is 9.32. The Balaban J connectivity index is 1.52. The minimum Gasteiger partial charge on any atom is -0.465 e. The van der Waals surface area contributed by atoms with Gasteiger partial charge in [-0.2, -0.15) is 8.78 Å². The van der Waals surface area contributed by atoms with Crippen molar-refractivity contribution in [2.45, 2.75) is 57.4 Å². The lowest BCUT2D eigenvalue weighted by molar-refractivity contribution is -0.148. The molecule has 0 bridgehead atoms. The number of allylic oxidation sites excluding steroid dienone is 1. The zero-order valence-electron chi connectivity index (χ0n) is 20.0. The second kappa shape index (κ2) is 12.2. The molecule has 2 atom stereocenters. The summed E-state index contributed by atoms with van der Waals surface area (Å²) in [6, 6.07) is 12.7. The summed E-state index contributed by atoms with van der Waals surface area (Å²) in [5.41, 5.74) is 1.22. The number of alkyl halides is 2. The van der Waals surface area contributed by atoms with E-state index in [0.717, 1.165) is 17.7 Å². The first-order valence-corrected chi connectivity index (χ1v) is 12.6. The van der Waals surface area contributed by atoms with Gasteiger partial charge in [-0.15, -0.1) is 11.3 Å². The third-order valence-electron chi connectivity index (χ3n) is 6.22. The van der Waals surface area contributed by atoms with Crippen LogP contribution in [0, 0.1) is 5.92 Å². The number of carbonyl (C=O) groups excluding carboxylic acids is 3. The highest BCUT2D eigenvalue weighted by molar-refractivity contribution is 7.13. The van der Waals surface area contributed by atoms with Crippen molar-refractivity contribution < 1.29 is 27.9 Å². The van der Waals surface area contributed by atoms with Gasteiger partial charge in [0, 0.05) is 23.8 Å². The van der Waals surface area contributed by atoms with Crippen molar-refractivity contribution in [2.75, 3.05) is 13.7 Å². The summed E-state index contributed by atoms with van der Waals surface area (Å²) in [5, 5.41) is 0. The number of ketones is 1. The molecule has 1 fully saturated rings. The first-order chi connectivity index (χ1) is 16.7. The Bertz CT molecular complexity index is 1050. The van der Waals surface area contributed by atoms with Gasteiger partial charge < -0.3 is 9.64 Å². The topological polar surface area (TPSA) is 63.7 Å². The normalized spacial score (nSPS) is 18.2. The molecule has 1 aliphatic heterocycles. The minimum absolute atomic E-state index is 0.116. The van der Waals surface area contributed by atoms with Gasteiger partial charge in [0.2, 0.25) is 0 Å². The number of amides is 1. The van der Waals surface area contributed by atoms with Crippen LogP contribution in [0.5, 0.6) is 0 Å². The predicted octanol–water partition coefficient (Wildman–Crippen LogP) is 5.49. The molecule has 0 unspecified atom stereocenters. The van der Waals surface area contributed by atoms with E-state index < -0.39 is 30.3 Å². The fourth-order valence-electron chi connectivity index (χ4n) is 4.18. The highest BCUT2D eigenvalue weighted by Crippen LogP contribution is 2.34. The molecule has 0 radical (unpaired) electrons. The van der Waals surface area contributed by atoms with Crippen molar-refractivity contribution >= 4 is 29.0 Å². The highest BCUT2D eigenvalue weighted by Gasteiger charge is 2.52. The fraction of sp³-hybridized carbons (Fsp3) is 0.444. The molecule has 1 saturated heterocycles. The Hall–Kier alpha value is -2.87. The molecule has 35 heavy (non-hydrogen) atoms. The van der Waals surface area contributed by atoms with Crippen LogP contribution < -0.4 is 0 Å². The Morgan fingerprint density at radius 1 is 1.17 bits per heavy atom. The molecule has 0 spiro atoms. The Morgan fingerprint density at radius 2 is 1.91 bits per heavy atom. The monoisotopic (exact) mass is 503 g/mol. The molecule has 5 nitrogen and oxygen atoms in total. The van der Waals surface area contributed by atoms with Gasteiger partial charge in [0.25, 0.3) is 5.91 Å². The standard InChI is InChI=1S/C27H31F2NO4S/c1-19(8-6-11-20-9-4-3-5-10-20)23(31)15-13-21-18-27(28,29)26(33)30(21)17-7-12-22-14-16-24(35-22)25(32)34-2/h3-5,9-10,13-16,19,21H,6-8,11-12,17-18H2,1-2H3/t19-,21-/m0/s1. The van der Waals surface area contributed by atoms with Crippen molar-refractivity contribution in [1.82, 2.24) is 4.90 Å². The van der Waals surface area contributed by atoms with Crippen LogP contribution in [0.4, 0.5) is 8.78 Å². The van der Waals surface area contributed by atoms with E-state index in [2.05, 4.69) is 12.1 Å². The lowest BCUT2D eigenvalue weighted by atomic mass is 9.96. The van der Waals surface area contributed by atoms with Crippen LogP contribution in [0.1, 0.15) is 52.7 Å². The second-order valence-electron chi connectivity index (χ2n) is 8.88. The number of hydrogen-bond donors (Lipinski definition) is 0. The molecule has 8 heteroatoms. The average Bonchev–Trinajstić information content (AvgIpc) is 3.40. The molecule has 188 valence electrons. The molecule has 2 heterocycles. The van der Waals surface area contributed by atoms with Crippen molar-refractivity contribution in [3.63, 3.8) is 0 Å². The molecule has 1 amide bonds. The molecular weight excluding hydrogens is 472 g/mol. The van der Waals surface area contributed by atoms with Crippen LogP contribution in [0.25, 0.3) is 0 Å². The van der Waals surface area contributed by atoms with Gasteiger partial charge in [-0.3, -0.25) is 9.59 Å². The van der Waals surface area contributed by atoms with Crippen molar-refractivity contribution in [2.24, 2.45) is 5.92 Å². The van der Waals surface area contributed by atoms with E-state index in [1.54, 1.807) is 12.1 Å². The summed E-state index contributed by atoms with van der Waals surface area (Å²) in [7, 11) is 1.31. The Morgan fingerprint density at radius 3 is 2.63 bits per heavy atom. The van der Waals surface area contributed by atoms with E-state index in [-0.39, 0.29) is 18.2 Å². The van der Waals surface area contributed by atoms with Crippen molar-refractivity contribution in [3.8, 4) is 0 Å². The van der Waals surface area contributed by atoms with E-state index in [9.17, 15) is 23.2 Å². The molecule has 1 aromatic carbocycles. The van der Waals surface area contributed by atoms with Crippen LogP contribution in [0.2, 0.25) is 0 Å². The van der Waals surface area contributed by atoms with E-state index in [1.807, 2.05) is 25.1 Å². The molecule has 0 aliphatic carbocycles. The van der Waals surface area contributed by atoms with Crippen LogP contribution in [0.15, 0.2) is 54.6 Å². The molecule has 1 aromatic heterocycles. The van der Waals surface area contributed by atoms with Crippen molar-refractivity contribution in [3.05, 3.63) is 69.9 Å². The number of ether oxygens (including phenoxy) is 1. The lowest BCUT2D eigenvalue weighted by Gasteiger charge is -2.21. The molecule has 0 N–H and O–H groups in total. The number of halogens is 2. The molecule has 3 rings (SSSR count). The minimum atomic E-state index is -3.43. The van der Waals surface area contributed by atoms with Crippen LogP contribution in [-0.2, 0) is 27.2 Å². The van der Waals surface area contributed by atoms with Gasteiger partial charge >= 0.3 is 11.9 Å².